The van der Waals surface area contributed by atoms with Crippen LogP contribution in [0.2, 0.25) is 0 Å². The van der Waals surface area contributed by atoms with Gasteiger partial charge in [-0.15, -0.1) is 0 Å². The van der Waals surface area contributed by atoms with Gasteiger partial charge in [0.1, 0.15) is 11.4 Å². The zero-order valence-corrected chi connectivity index (χ0v) is 26.2. The van der Waals surface area contributed by atoms with E-state index in [0.717, 1.165) is 0 Å². The lowest BCUT2D eigenvalue weighted by molar-refractivity contribution is 0.0725. The standard InChI is InChI=1S/C33H39N5O6S/c1-43-23-10-24-44-28-14-8-13-27(25-28)38-30(26-11-4-2-5-12-26)31(32(39)36-21-18-34-19-22-36)37(33(38)40)20-9-17-35-45(41,42)29-15-6-3-7-16-29/h2-8,11-16,25,34-35H,9-10,17-24H2,1H3. The lowest BCUT2D eigenvalue weighted by atomic mass is 10.1. The third kappa shape index (κ3) is 7.71. The van der Waals surface area contributed by atoms with Gasteiger partial charge >= 0.3 is 5.69 Å². The van der Waals surface area contributed by atoms with E-state index in [1.807, 2.05) is 48.5 Å². The molecular weight excluding hydrogens is 594 g/mol. The molecule has 0 unspecified atom stereocenters. The van der Waals surface area contributed by atoms with Crippen molar-refractivity contribution < 1.29 is 22.7 Å². The molecule has 0 atom stereocenters. The number of hydrogen-bond acceptors (Lipinski definition) is 7. The van der Waals surface area contributed by atoms with Gasteiger partial charge in [-0.1, -0.05) is 54.6 Å². The number of rotatable bonds is 14. The van der Waals surface area contributed by atoms with Crippen molar-refractivity contribution in [3.05, 3.63) is 101 Å². The zero-order chi connectivity index (χ0) is 31.6. The van der Waals surface area contributed by atoms with Gasteiger partial charge in [-0.3, -0.25) is 13.9 Å². The third-order valence-electron chi connectivity index (χ3n) is 7.54. The molecule has 11 nitrogen and oxygen atoms in total. The summed E-state index contributed by atoms with van der Waals surface area (Å²) in [5.41, 5.74) is 1.62. The molecule has 1 aliphatic rings. The summed E-state index contributed by atoms with van der Waals surface area (Å²) in [4.78, 5) is 30.5. The Morgan fingerprint density at radius 3 is 2.33 bits per heavy atom. The molecule has 5 rings (SSSR count). The Bertz CT molecular complexity index is 1730. The van der Waals surface area contributed by atoms with Crippen LogP contribution in [0.25, 0.3) is 16.9 Å². The van der Waals surface area contributed by atoms with E-state index in [1.54, 1.807) is 40.8 Å². The van der Waals surface area contributed by atoms with E-state index in [9.17, 15) is 18.0 Å². The maximum absolute atomic E-state index is 14.3. The maximum atomic E-state index is 14.3. The molecule has 2 heterocycles. The van der Waals surface area contributed by atoms with Crippen LogP contribution in [-0.4, -0.2) is 81.4 Å². The minimum atomic E-state index is -3.72. The summed E-state index contributed by atoms with van der Waals surface area (Å²) in [7, 11) is -2.08. The van der Waals surface area contributed by atoms with E-state index in [4.69, 9.17) is 9.47 Å². The van der Waals surface area contributed by atoms with Crippen molar-refractivity contribution in [3.63, 3.8) is 0 Å². The van der Waals surface area contributed by atoms with Crippen molar-refractivity contribution in [1.82, 2.24) is 24.1 Å². The Kier molecular flexibility index (Phi) is 10.8. The second kappa shape index (κ2) is 15.2. The van der Waals surface area contributed by atoms with Gasteiger partial charge in [-0.2, -0.15) is 0 Å². The van der Waals surface area contributed by atoms with E-state index in [1.165, 1.54) is 16.7 Å². The number of methoxy groups -OCH3 is 1. The molecule has 238 valence electrons. The molecule has 0 aliphatic carbocycles. The molecule has 12 heteroatoms. The largest absolute Gasteiger partial charge is 0.493 e. The smallest absolute Gasteiger partial charge is 0.333 e. The second-order valence-electron chi connectivity index (χ2n) is 10.6. The highest BCUT2D eigenvalue weighted by atomic mass is 32.2. The van der Waals surface area contributed by atoms with Crippen molar-refractivity contribution in [2.24, 2.45) is 0 Å². The molecule has 1 saturated heterocycles. The molecule has 2 N–H and O–H groups in total. The lowest BCUT2D eigenvalue weighted by Crippen LogP contribution is -2.47. The van der Waals surface area contributed by atoms with Gasteiger partial charge in [-0.25, -0.2) is 17.9 Å². The second-order valence-corrected chi connectivity index (χ2v) is 12.4. The highest BCUT2D eigenvalue weighted by molar-refractivity contribution is 7.89. The van der Waals surface area contributed by atoms with Crippen LogP contribution in [0, 0.1) is 0 Å². The Morgan fingerprint density at radius 2 is 1.62 bits per heavy atom. The van der Waals surface area contributed by atoms with E-state index < -0.39 is 15.7 Å². The van der Waals surface area contributed by atoms with Gasteiger partial charge in [0.05, 0.1) is 22.9 Å². The third-order valence-corrected chi connectivity index (χ3v) is 9.01. The summed E-state index contributed by atoms with van der Waals surface area (Å²) in [5, 5.41) is 3.27. The first kappa shape index (κ1) is 32.2. The van der Waals surface area contributed by atoms with Gasteiger partial charge in [0, 0.05) is 71.0 Å². The van der Waals surface area contributed by atoms with Gasteiger partial charge in [0.2, 0.25) is 10.0 Å². The quantitative estimate of drug-likeness (QED) is 0.205. The van der Waals surface area contributed by atoms with Crippen molar-refractivity contribution in [3.8, 4) is 22.7 Å². The van der Waals surface area contributed by atoms with Crippen LogP contribution < -0.4 is 20.5 Å². The lowest BCUT2D eigenvalue weighted by Gasteiger charge is -2.28. The number of imidazole rings is 1. The van der Waals surface area contributed by atoms with E-state index in [0.29, 0.717) is 68.5 Å². The first-order valence-corrected chi connectivity index (χ1v) is 16.6. The van der Waals surface area contributed by atoms with Crippen LogP contribution >= 0.6 is 0 Å². The molecule has 1 aliphatic heterocycles. The predicted molar refractivity (Wildman–Crippen MR) is 172 cm³/mol. The van der Waals surface area contributed by atoms with Crippen molar-refractivity contribution >= 4 is 15.9 Å². The van der Waals surface area contributed by atoms with Crippen LogP contribution in [0.3, 0.4) is 0 Å². The van der Waals surface area contributed by atoms with Crippen molar-refractivity contribution in [2.75, 3.05) is 53.0 Å². The number of ether oxygens (including phenoxy) is 2. The summed E-state index contributed by atoms with van der Waals surface area (Å²) in [6.07, 6.45) is 0.998. The first-order chi connectivity index (χ1) is 21.9. The number of sulfonamides is 1. The molecule has 1 fully saturated rings. The summed E-state index contributed by atoms with van der Waals surface area (Å²) >= 11 is 0. The van der Waals surface area contributed by atoms with Gasteiger partial charge < -0.3 is 19.7 Å². The average Bonchev–Trinajstić information content (AvgIpc) is 3.37. The molecule has 0 spiro atoms. The Morgan fingerprint density at radius 1 is 0.911 bits per heavy atom. The number of nitrogens with zero attached hydrogens (tertiary/aromatic N) is 3. The average molecular weight is 634 g/mol. The number of aromatic nitrogens is 2. The molecular formula is C33H39N5O6S. The van der Waals surface area contributed by atoms with Crippen LogP contribution in [-0.2, 0) is 21.3 Å². The fourth-order valence-electron chi connectivity index (χ4n) is 5.32. The van der Waals surface area contributed by atoms with Crippen LogP contribution in [0.1, 0.15) is 23.3 Å². The molecule has 1 amide bonds. The number of amides is 1. The first-order valence-electron chi connectivity index (χ1n) is 15.1. The fourth-order valence-corrected chi connectivity index (χ4v) is 6.42. The molecule has 1 aromatic heterocycles. The molecule has 0 saturated carbocycles. The minimum absolute atomic E-state index is 0.0849. The topological polar surface area (TPSA) is 124 Å². The molecule has 45 heavy (non-hydrogen) atoms. The van der Waals surface area contributed by atoms with Crippen LogP contribution in [0.15, 0.2) is 94.6 Å². The summed E-state index contributed by atoms with van der Waals surface area (Å²) in [5.74, 6) is 0.343. The summed E-state index contributed by atoms with van der Waals surface area (Å²) in [6.45, 7) is 3.55. The number of benzene rings is 3. The summed E-state index contributed by atoms with van der Waals surface area (Å²) < 4.78 is 42.3. The predicted octanol–water partition coefficient (Wildman–Crippen LogP) is 3.14. The van der Waals surface area contributed by atoms with E-state index in [-0.39, 0.29) is 36.0 Å². The van der Waals surface area contributed by atoms with Gasteiger partial charge in [0.25, 0.3) is 5.91 Å². The van der Waals surface area contributed by atoms with E-state index in [2.05, 4.69) is 10.0 Å². The van der Waals surface area contributed by atoms with Crippen LogP contribution in [0.5, 0.6) is 5.75 Å². The molecule has 4 aromatic rings. The van der Waals surface area contributed by atoms with Crippen LogP contribution in [0.4, 0.5) is 0 Å². The zero-order valence-electron chi connectivity index (χ0n) is 25.4. The van der Waals surface area contributed by atoms with E-state index >= 15 is 0 Å². The number of nitrogens with one attached hydrogen (secondary N) is 2. The number of hydrogen-bond donors (Lipinski definition) is 2. The molecule has 3 aromatic carbocycles. The monoisotopic (exact) mass is 633 g/mol. The number of carbonyl (C=O) groups excluding carboxylic acids is 1. The summed E-state index contributed by atoms with van der Waals surface area (Å²) in [6, 6.07) is 24.7. The fraction of sp³-hybridized carbons (Fsp3) is 0.333. The Labute approximate surface area is 263 Å². The van der Waals surface area contributed by atoms with Crippen molar-refractivity contribution in [2.45, 2.75) is 24.3 Å². The number of carbonyl (C=O) groups is 1. The molecule has 0 radical (unpaired) electrons. The SMILES string of the molecule is COCCCOc1cccc(-n2c(-c3ccccc3)c(C(=O)N3CCNCC3)n(CCCNS(=O)(=O)c3ccccc3)c2=O)c1. The number of piperazine rings is 1. The van der Waals surface area contributed by atoms with Gasteiger partial charge in [-0.05, 0) is 30.7 Å². The highest BCUT2D eigenvalue weighted by Crippen LogP contribution is 2.29. The van der Waals surface area contributed by atoms with Crippen molar-refractivity contribution in [1.29, 1.82) is 0 Å². The minimum Gasteiger partial charge on any atom is -0.493 e. The highest BCUT2D eigenvalue weighted by Gasteiger charge is 2.31. The Balaban J connectivity index is 1.54. The maximum Gasteiger partial charge on any atom is 0.333 e. The Hall–Kier alpha value is -4.23. The normalized spacial score (nSPS) is 13.6. The molecule has 0 bridgehead atoms. The van der Waals surface area contributed by atoms with Gasteiger partial charge in [0.15, 0.2) is 0 Å².